The van der Waals surface area contributed by atoms with Gasteiger partial charge >= 0.3 is 0 Å². The van der Waals surface area contributed by atoms with Crippen LogP contribution >= 0.6 is 11.3 Å². The molecule has 0 aliphatic carbocycles. The number of nitrogens with one attached hydrogen (secondary N) is 1. The molecule has 6 heteroatoms. The minimum Gasteiger partial charge on any atom is -0.497 e. The van der Waals surface area contributed by atoms with Gasteiger partial charge in [-0.25, -0.2) is 0 Å². The zero-order valence-corrected chi connectivity index (χ0v) is 19.2. The number of rotatable bonds is 7. The van der Waals surface area contributed by atoms with E-state index < -0.39 is 0 Å². The first-order valence-electron chi connectivity index (χ1n) is 10.9. The quantitative estimate of drug-likeness (QED) is 0.493. The third-order valence-electron chi connectivity index (χ3n) is 6.04. The number of ether oxygens (including phenoxy) is 1. The fraction of sp³-hybridized carbons (Fsp3) is 0.400. The Morgan fingerprint density at radius 3 is 2.61 bits per heavy atom. The summed E-state index contributed by atoms with van der Waals surface area (Å²) in [5.41, 5.74) is 2.37. The monoisotopic (exact) mass is 438 g/mol. The molecule has 4 rings (SSSR count). The van der Waals surface area contributed by atoms with Gasteiger partial charge in [-0.05, 0) is 74.2 Å². The lowest BCUT2D eigenvalue weighted by atomic mass is 9.92. The SMILES string of the molecule is CCc1cc([C@H](c2ccc(OC)cc2)N2CCC(C)CC2)c(NC(=O)c2ccco2)s1. The predicted molar refractivity (Wildman–Crippen MR) is 125 cm³/mol. The molecule has 1 aromatic carbocycles. The van der Waals surface area contributed by atoms with E-state index in [2.05, 4.69) is 42.3 Å². The first-order chi connectivity index (χ1) is 15.1. The Morgan fingerprint density at radius 2 is 2.00 bits per heavy atom. The summed E-state index contributed by atoms with van der Waals surface area (Å²) < 4.78 is 10.7. The lowest BCUT2D eigenvalue weighted by Gasteiger charge is -2.37. The summed E-state index contributed by atoms with van der Waals surface area (Å²) in [7, 11) is 1.69. The normalized spacial score (nSPS) is 16.2. The predicted octanol–water partition coefficient (Wildman–Crippen LogP) is 5.99. The molecule has 0 unspecified atom stereocenters. The summed E-state index contributed by atoms with van der Waals surface area (Å²) in [5.74, 6) is 1.71. The molecule has 2 aromatic heterocycles. The van der Waals surface area contributed by atoms with E-state index in [1.807, 2.05) is 12.1 Å². The summed E-state index contributed by atoms with van der Waals surface area (Å²) >= 11 is 1.66. The second-order valence-corrected chi connectivity index (χ2v) is 9.31. The number of carbonyl (C=O) groups excluding carboxylic acids is 1. The maximum Gasteiger partial charge on any atom is 0.291 e. The fourth-order valence-corrected chi connectivity index (χ4v) is 5.19. The Hall–Kier alpha value is -2.57. The van der Waals surface area contributed by atoms with E-state index in [0.717, 1.165) is 41.7 Å². The molecule has 3 heterocycles. The van der Waals surface area contributed by atoms with Crippen LogP contribution in [0.3, 0.4) is 0 Å². The highest BCUT2D eigenvalue weighted by molar-refractivity contribution is 7.16. The minimum atomic E-state index is -0.212. The number of aryl methyl sites for hydroxylation is 1. The lowest BCUT2D eigenvalue weighted by Crippen LogP contribution is -2.37. The molecule has 164 valence electrons. The van der Waals surface area contributed by atoms with Gasteiger partial charge in [0.15, 0.2) is 5.76 Å². The van der Waals surface area contributed by atoms with Crippen molar-refractivity contribution < 1.29 is 13.9 Å². The second kappa shape index (κ2) is 9.71. The number of nitrogens with zero attached hydrogens (tertiary/aromatic N) is 1. The van der Waals surface area contributed by atoms with Crippen molar-refractivity contribution >= 4 is 22.2 Å². The van der Waals surface area contributed by atoms with Gasteiger partial charge in [-0.3, -0.25) is 9.69 Å². The Labute approximate surface area is 188 Å². The van der Waals surface area contributed by atoms with Crippen molar-refractivity contribution in [1.29, 1.82) is 0 Å². The van der Waals surface area contributed by atoms with Crippen LogP contribution < -0.4 is 10.1 Å². The molecule has 0 bridgehead atoms. The molecular weight excluding hydrogens is 408 g/mol. The van der Waals surface area contributed by atoms with Gasteiger partial charge in [-0.1, -0.05) is 26.0 Å². The Kier molecular flexibility index (Phi) is 6.78. The van der Waals surface area contributed by atoms with E-state index in [0.29, 0.717) is 5.76 Å². The van der Waals surface area contributed by atoms with Gasteiger partial charge < -0.3 is 14.5 Å². The standard InChI is InChI=1S/C25H30N2O3S/c1-4-20-16-21(25(31-20)26-24(28)22-6-5-15-30-22)23(27-13-11-17(2)12-14-27)18-7-9-19(29-3)10-8-18/h5-10,15-17,23H,4,11-14H2,1-3H3,(H,26,28)/t23-/m0/s1. The highest BCUT2D eigenvalue weighted by Gasteiger charge is 2.30. The summed E-state index contributed by atoms with van der Waals surface area (Å²) in [5, 5.41) is 4.02. The van der Waals surface area contributed by atoms with Crippen molar-refractivity contribution in [1.82, 2.24) is 4.90 Å². The molecule has 1 fully saturated rings. The Balaban J connectivity index is 1.72. The number of piperidine rings is 1. The van der Waals surface area contributed by atoms with E-state index in [9.17, 15) is 4.79 Å². The van der Waals surface area contributed by atoms with Gasteiger partial charge in [0.1, 0.15) is 10.8 Å². The zero-order valence-electron chi connectivity index (χ0n) is 18.4. The topological polar surface area (TPSA) is 54.7 Å². The molecule has 0 spiro atoms. The number of furan rings is 1. The van der Waals surface area contributed by atoms with Crippen LogP contribution in [0.2, 0.25) is 0 Å². The smallest absolute Gasteiger partial charge is 0.291 e. The minimum absolute atomic E-state index is 0.0851. The van der Waals surface area contributed by atoms with Crippen LogP contribution in [0.1, 0.15) is 59.3 Å². The molecule has 1 saturated heterocycles. The fourth-order valence-electron chi connectivity index (χ4n) is 4.17. The number of hydrogen-bond acceptors (Lipinski definition) is 5. The van der Waals surface area contributed by atoms with Crippen LogP contribution in [0.5, 0.6) is 5.75 Å². The van der Waals surface area contributed by atoms with E-state index in [4.69, 9.17) is 9.15 Å². The molecule has 1 aliphatic heterocycles. The van der Waals surface area contributed by atoms with Crippen LogP contribution in [0.15, 0.2) is 53.1 Å². The second-order valence-electron chi connectivity index (χ2n) is 8.18. The molecule has 1 atom stereocenters. The van der Waals surface area contributed by atoms with Crippen molar-refractivity contribution in [3.05, 3.63) is 70.5 Å². The van der Waals surface area contributed by atoms with Crippen molar-refractivity contribution in [3.8, 4) is 5.75 Å². The van der Waals surface area contributed by atoms with Gasteiger partial charge in [0, 0.05) is 10.4 Å². The van der Waals surface area contributed by atoms with Crippen LogP contribution in [-0.2, 0) is 6.42 Å². The molecule has 1 amide bonds. The number of thiophene rings is 1. The number of carbonyl (C=O) groups is 1. The van der Waals surface area contributed by atoms with Crippen LogP contribution in [0, 0.1) is 5.92 Å². The maximum atomic E-state index is 12.8. The van der Waals surface area contributed by atoms with Crippen molar-refractivity contribution in [2.24, 2.45) is 5.92 Å². The largest absolute Gasteiger partial charge is 0.497 e. The summed E-state index contributed by atoms with van der Waals surface area (Å²) in [6.45, 7) is 6.56. The number of likely N-dealkylation sites (tertiary alicyclic amines) is 1. The van der Waals surface area contributed by atoms with Gasteiger partial charge in [0.2, 0.25) is 0 Å². The Bertz CT molecular complexity index is 986. The number of methoxy groups -OCH3 is 1. The first kappa shape index (κ1) is 21.7. The van der Waals surface area contributed by atoms with Gasteiger partial charge in [-0.15, -0.1) is 11.3 Å². The molecular formula is C25H30N2O3S. The van der Waals surface area contributed by atoms with E-state index >= 15 is 0 Å². The molecule has 5 nitrogen and oxygen atoms in total. The third-order valence-corrected chi connectivity index (χ3v) is 7.25. The average molecular weight is 439 g/mol. The lowest BCUT2D eigenvalue weighted by molar-refractivity contribution is 0.0996. The van der Waals surface area contributed by atoms with Gasteiger partial charge in [0.05, 0.1) is 19.4 Å². The Morgan fingerprint density at radius 1 is 1.26 bits per heavy atom. The highest BCUT2D eigenvalue weighted by atomic mass is 32.1. The van der Waals surface area contributed by atoms with Crippen molar-refractivity contribution in [3.63, 3.8) is 0 Å². The van der Waals surface area contributed by atoms with Crippen molar-refractivity contribution in [2.45, 2.75) is 39.2 Å². The summed E-state index contributed by atoms with van der Waals surface area (Å²) in [4.78, 5) is 16.6. The van der Waals surface area contributed by atoms with Gasteiger partial charge in [0.25, 0.3) is 5.91 Å². The highest BCUT2D eigenvalue weighted by Crippen LogP contribution is 2.41. The molecule has 0 radical (unpaired) electrons. The molecule has 3 aromatic rings. The molecule has 0 saturated carbocycles. The van der Waals surface area contributed by atoms with E-state index in [1.54, 1.807) is 30.6 Å². The van der Waals surface area contributed by atoms with Gasteiger partial charge in [-0.2, -0.15) is 0 Å². The number of hydrogen-bond donors (Lipinski definition) is 1. The molecule has 1 N–H and O–H groups in total. The number of amides is 1. The van der Waals surface area contributed by atoms with Crippen molar-refractivity contribution in [2.75, 3.05) is 25.5 Å². The summed E-state index contributed by atoms with van der Waals surface area (Å²) in [6, 6.07) is 14.1. The third kappa shape index (κ3) is 4.86. The first-order valence-corrected chi connectivity index (χ1v) is 11.8. The number of anilines is 1. The summed E-state index contributed by atoms with van der Waals surface area (Å²) in [6.07, 6.45) is 4.83. The van der Waals surface area contributed by atoms with Crippen LogP contribution in [-0.4, -0.2) is 31.0 Å². The zero-order chi connectivity index (χ0) is 21.8. The maximum absolute atomic E-state index is 12.8. The molecule has 1 aliphatic rings. The average Bonchev–Trinajstić information content (AvgIpc) is 3.46. The van der Waals surface area contributed by atoms with Crippen LogP contribution in [0.25, 0.3) is 0 Å². The molecule has 31 heavy (non-hydrogen) atoms. The number of benzene rings is 1. The van der Waals surface area contributed by atoms with E-state index in [-0.39, 0.29) is 11.9 Å². The van der Waals surface area contributed by atoms with Crippen LogP contribution in [0.4, 0.5) is 5.00 Å². The van der Waals surface area contributed by atoms with E-state index in [1.165, 1.54) is 29.5 Å².